The summed E-state index contributed by atoms with van der Waals surface area (Å²) in [7, 11) is 0. The summed E-state index contributed by atoms with van der Waals surface area (Å²) in [6.07, 6.45) is 1.94. The average Bonchev–Trinajstić information content (AvgIpc) is 2.81. The Morgan fingerprint density at radius 2 is 2.47 bits per heavy atom. The van der Waals surface area contributed by atoms with Gasteiger partial charge in [0.1, 0.15) is 11.6 Å². The second-order valence-electron chi connectivity index (χ2n) is 2.78. The lowest BCUT2D eigenvalue weighted by Crippen LogP contribution is -2.02. The molecule has 0 saturated heterocycles. The first kappa shape index (κ1) is 10.0. The number of fused-ring (bicyclic) bond motifs is 1. The van der Waals surface area contributed by atoms with Crippen LogP contribution < -0.4 is 0 Å². The van der Waals surface area contributed by atoms with Gasteiger partial charge in [-0.2, -0.15) is 5.26 Å². The summed E-state index contributed by atoms with van der Waals surface area (Å²) in [4.78, 5) is 13.5. The van der Waals surface area contributed by atoms with Crippen molar-refractivity contribution in [1.29, 1.82) is 5.26 Å². The van der Waals surface area contributed by atoms with Crippen LogP contribution in [0.25, 0.3) is 6.08 Å². The van der Waals surface area contributed by atoms with Gasteiger partial charge in [-0.1, -0.05) is 17.8 Å². The topological polar surface area (TPSA) is 50.1 Å². The van der Waals surface area contributed by atoms with Gasteiger partial charge in [0.25, 0.3) is 0 Å². The average molecular weight is 237 g/mol. The van der Waals surface area contributed by atoms with E-state index in [1.807, 2.05) is 22.9 Å². The zero-order valence-electron chi connectivity index (χ0n) is 7.64. The van der Waals surface area contributed by atoms with Crippen molar-refractivity contribution < 1.29 is 8.98 Å². The number of hydrogen-bond acceptors (Lipinski definition) is 4. The number of thiophene rings is 1. The fourth-order valence-electron chi connectivity index (χ4n) is 1.11. The van der Waals surface area contributed by atoms with E-state index in [4.69, 9.17) is 9.44 Å². The van der Waals surface area contributed by atoms with Crippen molar-refractivity contribution in [2.24, 2.45) is 0 Å². The maximum Gasteiger partial charge on any atom is 0.359 e. The highest BCUT2D eigenvalue weighted by molar-refractivity contribution is 8.16. The molecule has 2 rings (SSSR count). The summed E-state index contributed by atoms with van der Waals surface area (Å²) >= 11 is 0.575. The Hall–Kier alpha value is -1.51. The van der Waals surface area contributed by atoms with Crippen LogP contribution in [-0.4, -0.2) is 5.97 Å². The predicted molar refractivity (Wildman–Crippen MR) is 61.5 cm³/mol. The second kappa shape index (κ2) is 3.93. The standard InChI is InChI=1S/C10H7NO2S2/c1-7(6-11)10(12)13-15-5-3-8-9(15)2-4-14-8/h2-5,15H,1H2. The zero-order chi connectivity index (χ0) is 10.8. The van der Waals surface area contributed by atoms with Gasteiger partial charge >= 0.3 is 5.97 Å². The van der Waals surface area contributed by atoms with Crippen LogP contribution in [0.15, 0.2) is 33.9 Å². The molecule has 1 aromatic rings. The van der Waals surface area contributed by atoms with Crippen LogP contribution in [0.2, 0.25) is 0 Å². The van der Waals surface area contributed by atoms with Crippen molar-refractivity contribution in [2.75, 3.05) is 0 Å². The summed E-state index contributed by atoms with van der Waals surface area (Å²) in [5.41, 5.74) is -0.158. The van der Waals surface area contributed by atoms with Crippen molar-refractivity contribution in [2.45, 2.75) is 4.90 Å². The summed E-state index contributed by atoms with van der Waals surface area (Å²) in [6, 6.07) is 3.61. The van der Waals surface area contributed by atoms with Gasteiger partial charge < -0.3 is 4.18 Å². The molecule has 1 aliphatic rings. The first-order valence-corrected chi connectivity index (χ1v) is 6.29. The Labute approximate surface area is 93.8 Å². The lowest BCUT2D eigenvalue weighted by atomic mass is 10.4. The molecule has 5 heteroatoms. The molecule has 0 fully saturated rings. The number of nitrogens with zero attached hydrogens (tertiary/aromatic N) is 1. The van der Waals surface area contributed by atoms with E-state index in [-0.39, 0.29) is 5.57 Å². The molecule has 0 amide bonds. The normalized spacial score (nSPS) is 19.3. The van der Waals surface area contributed by atoms with Crippen LogP contribution in [0.5, 0.6) is 0 Å². The van der Waals surface area contributed by atoms with Crippen LogP contribution in [0.4, 0.5) is 0 Å². The third kappa shape index (κ3) is 1.82. The minimum Gasteiger partial charge on any atom is -0.406 e. The molecule has 2 heterocycles. The lowest BCUT2D eigenvalue weighted by Gasteiger charge is -2.13. The molecule has 76 valence electrons. The molecular formula is C10H7NO2S2. The summed E-state index contributed by atoms with van der Waals surface area (Å²) in [5, 5.41) is 12.3. The van der Waals surface area contributed by atoms with Crippen LogP contribution in [0.1, 0.15) is 4.88 Å². The molecule has 3 nitrogen and oxygen atoms in total. The second-order valence-corrected chi connectivity index (χ2v) is 5.34. The van der Waals surface area contributed by atoms with E-state index >= 15 is 0 Å². The highest BCUT2D eigenvalue weighted by Gasteiger charge is 2.20. The molecular weight excluding hydrogens is 230 g/mol. The maximum absolute atomic E-state index is 11.3. The number of carbonyl (C=O) groups excluding carboxylic acids is 1. The van der Waals surface area contributed by atoms with E-state index in [2.05, 4.69) is 6.58 Å². The van der Waals surface area contributed by atoms with Gasteiger partial charge in [0.2, 0.25) is 0 Å². The monoisotopic (exact) mass is 237 g/mol. The first-order chi connectivity index (χ1) is 7.22. The Morgan fingerprint density at radius 3 is 3.20 bits per heavy atom. The Kier molecular flexibility index (Phi) is 2.62. The van der Waals surface area contributed by atoms with Crippen LogP contribution in [-0.2, 0) is 8.98 Å². The molecule has 1 aromatic heterocycles. The van der Waals surface area contributed by atoms with Crippen molar-refractivity contribution in [1.82, 2.24) is 0 Å². The van der Waals surface area contributed by atoms with Gasteiger partial charge in [0.05, 0.1) is 0 Å². The molecule has 0 saturated carbocycles. The summed E-state index contributed by atoms with van der Waals surface area (Å²) in [5.74, 6) is -0.632. The van der Waals surface area contributed by atoms with Crippen molar-refractivity contribution >= 4 is 34.6 Å². The Bertz CT molecular complexity index is 496. The molecule has 1 aliphatic heterocycles. The Morgan fingerprint density at radius 1 is 1.67 bits per heavy atom. The lowest BCUT2D eigenvalue weighted by molar-refractivity contribution is -0.128. The fourth-order valence-corrected chi connectivity index (χ4v) is 3.83. The van der Waals surface area contributed by atoms with Gasteiger partial charge in [-0.25, -0.2) is 4.79 Å². The minimum atomic E-state index is -1.03. The van der Waals surface area contributed by atoms with Gasteiger partial charge in [-0.15, -0.1) is 11.3 Å². The van der Waals surface area contributed by atoms with E-state index in [0.717, 1.165) is 9.77 Å². The SMILES string of the molecule is C=C(C#N)C(=O)O[SH]1C=Cc2sccc21. The molecule has 0 aromatic carbocycles. The zero-order valence-corrected chi connectivity index (χ0v) is 9.35. The van der Waals surface area contributed by atoms with E-state index in [9.17, 15) is 4.79 Å². The maximum atomic E-state index is 11.3. The van der Waals surface area contributed by atoms with Gasteiger partial charge in [0.15, 0.2) is 0 Å². The van der Waals surface area contributed by atoms with Crippen molar-refractivity contribution in [3.8, 4) is 6.07 Å². The van der Waals surface area contributed by atoms with Gasteiger partial charge in [-0.3, -0.25) is 0 Å². The molecule has 15 heavy (non-hydrogen) atoms. The third-order valence-electron chi connectivity index (χ3n) is 1.83. The minimum absolute atomic E-state index is 0.158. The van der Waals surface area contributed by atoms with E-state index < -0.39 is 17.1 Å². The number of hydrogen-bond donors (Lipinski definition) is 1. The highest BCUT2D eigenvalue weighted by atomic mass is 32.2. The van der Waals surface area contributed by atoms with Crippen LogP contribution in [0.3, 0.4) is 0 Å². The molecule has 0 N–H and O–H groups in total. The Balaban J connectivity index is 2.11. The smallest absolute Gasteiger partial charge is 0.359 e. The number of nitriles is 1. The van der Waals surface area contributed by atoms with E-state index in [1.54, 1.807) is 17.4 Å². The van der Waals surface area contributed by atoms with Gasteiger partial charge in [-0.05, 0) is 22.9 Å². The summed E-state index contributed by atoms with van der Waals surface area (Å²) < 4.78 is 5.17. The van der Waals surface area contributed by atoms with Crippen LogP contribution in [0, 0.1) is 11.3 Å². The number of thiol groups is 1. The molecule has 0 spiro atoms. The third-order valence-corrected chi connectivity index (χ3v) is 4.52. The van der Waals surface area contributed by atoms with E-state index in [1.165, 1.54) is 0 Å². The molecule has 0 radical (unpaired) electrons. The quantitative estimate of drug-likeness (QED) is 0.488. The molecule has 0 bridgehead atoms. The predicted octanol–water partition coefficient (Wildman–Crippen LogP) is 2.63. The number of carbonyl (C=O) groups is 1. The molecule has 1 unspecified atom stereocenters. The highest BCUT2D eigenvalue weighted by Crippen LogP contribution is 2.49. The molecule has 1 atom stereocenters. The van der Waals surface area contributed by atoms with Crippen molar-refractivity contribution in [3.05, 3.63) is 33.9 Å². The fraction of sp³-hybridized carbons (Fsp3) is 0. The van der Waals surface area contributed by atoms with Crippen LogP contribution >= 0.6 is 22.5 Å². The molecule has 0 aliphatic carbocycles. The summed E-state index contributed by atoms with van der Waals surface area (Å²) in [6.45, 7) is 3.31. The first-order valence-electron chi connectivity index (χ1n) is 4.08. The largest absolute Gasteiger partial charge is 0.406 e. The van der Waals surface area contributed by atoms with Crippen molar-refractivity contribution in [3.63, 3.8) is 0 Å². The number of rotatable bonds is 2. The van der Waals surface area contributed by atoms with Gasteiger partial charge in [0, 0.05) is 9.77 Å². The van der Waals surface area contributed by atoms with E-state index in [0.29, 0.717) is 0 Å².